The van der Waals surface area contributed by atoms with Crippen molar-refractivity contribution >= 4 is 5.91 Å². The first kappa shape index (κ1) is 8.53. The van der Waals surface area contributed by atoms with Gasteiger partial charge in [0.1, 0.15) is 0 Å². The van der Waals surface area contributed by atoms with Gasteiger partial charge in [-0.2, -0.15) is 0 Å². The van der Waals surface area contributed by atoms with Crippen molar-refractivity contribution in [1.29, 1.82) is 0 Å². The Morgan fingerprint density at radius 2 is 2.36 bits per heavy atom. The molecule has 0 aromatic rings. The molecule has 0 bridgehead atoms. The molecule has 0 spiro atoms. The van der Waals surface area contributed by atoms with Gasteiger partial charge in [-0.3, -0.25) is 4.79 Å². The lowest BCUT2D eigenvalue weighted by Crippen LogP contribution is -2.39. The first-order chi connectivity index (χ1) is 5.34. The van der Waals surface area contributed by atoms with Gasteiger partial charge in [0, 0.05) is 26.1 Å². The number of amides is 1. The number of likely N-dealkylation sites (N-methyl/N-ethyl adjacent to an activating group) is 1. The van der Waals surface area contributed by atoms with E-state index in [1.807, 2.05) is 11.9 Å². The summed E-state index contributed by atoms with van der Waals surface area (Å²) in [5.74, 6) is 0.325. The van der Waals surface area contributed by atoms with Crippen molar-refractivity contribution in [1.82, 2.24) is 10.2 Å². The highest BCUT2D eigenvalue weighted by molar-refractivity contribution is 5.76. The maximum Gasteiger partial charge on any atom is 0.222 e. The van der Waals surface area contributed by atoms with E-state index in [1.54, 1.807) is 0 Å². The molecule has 0 unspecified atom stereocenters. The van der Waals surface area contributed by atoms with E-state index in [-0.39, 0.29) is 0 Å². The molecule has 0 aromatic heterocycles. The van der Waals surface area contributed by atoms with Gasteiger partial charge in [0.15, 0.2) is 0 Å². The third kappa shape index (κ3) is 2.50. The molecule has 1 heterocycles. The van der Waals surface area contributed by atoms with E-state index in [4.69, 9.17) is 0 Å². The lowest BCUT2D eigenvalue weighted by atomic mass is 10.1. The zero-order valence-electron chi connectivity index (χ0n) is 7.10. The lowest BCUT2D eigenvalue weighted by Gasteiger charge is -2.26. The van der Waals surface area contributed by atoms with Gasteiger partial charge in [0.25, 0.3) is 0 Å². The van der Waals surface area contributed by atoms with Crippen LogP contribution in [0.5, 0.6) is 0 Å². The minimum absolute atomic E-state index is 0.325. The molecule has 1 fully saturated rings. The van der Waals surface area contributed by atoms with Gasteiger partial charge in [0.2, 0.25) is 5.91 Å². The molecule has 0 aliphatic carbocycles. The van der Waals surface area contributed by atoms with Crippen molar-refractivity contribution in [2.24, 2.45) is 0 Å². The molecule has 1 amide bonds. The van der Waals surface area contributed by atoms with E-state index in [0.29, 0.717) is 5.91 Å². The molecular weight excluding hydrogens is 140 g/mol. The number of likely N-dealkylation sites (tertiary alicyclic amines) is 1. The zero-order valence-corrected chi connectivity index (χ0v) is 7.10. The van der Waals surface area contributed by atoms with Crippen LogP contribution in [0.2, 0.25) is 0 Å². The highest BCUT2D eigenvalue weighted by atomic mass is 16.2. The summed E-state index contributed by atoms with van der Waals surface area (Å²) < 4.78 is 0. The fraction of sp³-hybridized carbons (Fsp3) is 0.875. The van der Waals surface area contributed by atoms with E-state index in [1.165, 1.54) is 6.42 Å². The molecular formula is C8H16N2O. The van der Waals surface area contributed by atoms with Crippen LogP contribution < -0.4 is 5.32 Å². The molecule has 3 nitrogen and oxygen atoms in total. The van der Waals surface area contributed by atoms with Gasteiger partial charge in [-0.15, -0.1) is 0 Å². The predicted octanol–water partition coefficient (Wildman–Crippen LogP) is 0.218. The Morgan fingerprint density at radius 3 is 3.00 bits per heavy atom. The predicted molar refractivity (Wildman–Crippen MR) is 44.4 cm³/mol. The second-order valence-electron chi connectivity index (χ2n) is 2.94. The van der Waals surface area contributed by atoms with Crippen LogP contribution in [0.25, 0.3) is 0 Å². The first-order valence-electron chi connectivity index (χ1n) is 4.27. The monoisotopic (exact) mass is 156 g/mol. The summed E-state index contributed by atoms with van der Waals surface area (Å²) in [6, 6.07) is 0. The van der Waals surface area contributed by atoms with E-state index >= 15 is 0 Å². The van der Waals surface area contributed by atoms with Gasteiger partial charge < -0.3 is 10.2 Å². The third-order valence-electron chi connectivity index (χ3n) is 2.05. The Balaban J connectivity index is 2.24. The van der Waals surface area contributed by atoms with E-state index < -0.39 is 0 Å². The Kier molecular flexibility index (Phi) is 3.36. The topological polar surface area (TPSA) is 32.3 Å². The van der Waals surface area contributed by atoms with Gasteiger partial charge in [-0.1, -0.05) is 0 Å². The number of hydrogen-bond acceptors (Lipinski definition) is 2. The smallest absolute Gasteiger partial charge is 0.222 e. The highest BCUT2D eigenvalue weighted by Gasteiger charge is 2.16. The molecule has 0 saturated carbocycles. The summed E-state index contributed by atoms with van der Waals surface area (Å²) in [7, 11) is 1.91. The summed E-state index contributed by atoms with van der Waals surface area (Å²) in [5, 5.41) is 3.04. The summed E-state index contributed by atoms with van der Waals surface area (Å²) in [6.45, 7) is 2.74. The zero-order chi connectivity index (χ0) is 8.10. The first-order valence-corrected chi connectivity index (χ1v) is 4.27. The van der Waals surface area contributed by atoms with Crippen LogP contribution in [0.15, 0.2) is 0 Å². The SMILES string of the molecule is CNCCN1CCCCC1=O. The summed E-state index contributed by atoms with van der Waals surface area (Å²) in [4.78, 5) is 13.1. The van der Waals surface area contributed by atoms with Crippen LogP contribution in [0, 0.1) is 0 Å². The van der Waals surface area contributed by atoms with E-state index in [9.17, 15) is 4.79 Å². The summed E-state index contributed by atoms with van der Waals surface area (Å²) in [6.07, 6.45) is 3.01. The Morgan fingerprint density at radius 1 is 1.55 bits per heavy atom. The van der Waals surface area contributed by atoms with E-state index in [2.05, 4.69) is 5.32 Å². The molecule has 1 aliphatic rings. The van der Waals surface area contributed by atoms with Gasteiger partial charge in [0.05, 0.1) is 0 Å². The normalized spacial score (nSPS) is 19.0. The molecule has 64 valence electrons. The molecule has 0 aromatic carbocycles. The third-order valence-corrected chi connectivity index (χ3v) is 2.05. The number of nitrogens with one attached hydrogen (secondary N) is 1. The quantitative estimate of drug-likeness (QED) is 0.634. The van der Waals surface area contributed by atoms with Crippen molar-refractivity contribution in [3.05, 3.63) is 0 Å². The molecule has 1 N–H and O–H groups in total. The molecule has 1 saturated heterocycles. The maximum atomic E-state index is 11.2. The highest BCUT2D eigenvalue weighted by Crippen LogP contribution is 2.08. The van der Waals surface area contributed by atoms with Crippen molar-refractivity contribution in [2.45, 2.75) is 19.3 Å². The number of carbonyl (C=O) groups is 1. The number of carbonyl (C=O) groups excluding carboxylic acids is 1. The number of rotatable bonds is 3. The lowest BCUT2D eigenvalue weighted by molar-refractivity contribution is -0.133. The maximum absolute atomic E-state index is 11.2. The second kappa shape index (κ2) is 4.34. The largest absolute Gasteiger partial charge is 0.341 e. The fourth-order valence-corrected chi connectivity index (χ4v) is 1.34. The van der Waals surface area contributed by atoms with Crippen LogP contribution >= 0.6 is 0 Å². The van der Waals surface area contributed by atoms with Gasteiger partial charge >= 0.3 is 0 Å². The number of piperidine rings is 1. The van der Waals surface area contributed by atoms with Gasteiger partial charge in [-0.05, 0) is 19.9 Å². The van der Waals surface area contributed by atoms with E-state index in [0.717, 1.165) is 32.5 Å². The molecule has 0 radical (unpaired) electrons. The summed E-state index contributed by atoms with van der Waals surface area (Å²) >= 11 is 0. The minimum Gasteiger partial charge on any atom is -0.341 e. The number of hydrogen-bond donors (Lipinski definition) is 1. The van der Waals surface area contributed by atoms with Crippen LogP contribution in [-0.4, -0.2) is 37.5 Å². The van der Waals surface area contributed by atoms with Crippen LogP contribution in [0.4, 0.5) is 0 Å². The Labute approximate surface area is 67.8 Å². The Bertz CT molecular complexity index is 136. The molecule has 0 atom stereocenters. The van der Waals surface area contributed by atoms with Crippen LogP contribution in [-0.2, 0) is 4.79 Å². The average molecular weight is 156 g/mol. The van der Waals surface area contributed by atoms with Crippen molar-refractivity contribution in [3.8, 4) is 0 Å². The van der Waals surface area contributed by atoms with Crippen molar-refractivity contribution < 1.29 is 4.79 Å². The molecule has 11 heavy (non-hydrogen) atoms. The van der Waals surface area contributed by atoms with Crippen LogP contribution in [0.3, 0.4) is 0 Å². The van der Waals surface area contributed by atoms with Crippen molar-refractivity contribution in [3.63, 3.8) is 0 Å². The van der Waals surface area contributed by atoms with Gasteiger partial charge in [-0.25, -0.2) is 0 Å². The Hall–Kier alpha value is -0.570. The fourth-order valence-electron chi connectivity index (χ4n) is 1.34. The van der Waals surface area contributed by atoms with Crippen molar-refractivity contribution in [2.75, 3.05) is 26.7 Å². The average Bonchev–Trinajstić information content (AvgIpc) is 2.03. The van der Waals surface area contributed by atoms with Crippen LogP contribution in [0.1, 0.15) is 19.3 Å². The molecule has 3 heteroatoms. The number of nitrogens with zero attached hydrogens (tertiary/aromatic N) is 1. The summed E-state index contributed by atoms with van der Waals surface area (Å²) in [5.41, 5.74) is 0. The minimum atomic E-state index is 0.325. The molecule has 1 rings (SSSR count). The second-order valence-corrected chi connectivity index (χ2v) is 2.94. The molecule has 1 aliphatic heterocycles. The standard InChI is InChI=1S/C8H16N2O/c1-9-5-7-10-6-3-2-4-8(10)11/h9H,2-7H2,1H3.